The van der Waals surface area contributed by atoms with Crippen LogP contribution in [-0.4, -0.2) is 37.1 Å². The summed E-state index contributed by atoms with van der Waals surface area (Å²) in [7, 11) is 0. The van der Waals surface area contributed by atoms with E-state index in [0.29, 0.717) is 31.9 Å². The zero-order chi connectivity index (χ0) is 20.1. The average molecular weight is 407 g/mol. The molecule has 0 atom stereocenters. The predicted octanol–water partition coefficient (Wildman–Crippen LogP) is 5.04. The lowest BCUT2D eigenvalue weighted by atomic mass is 10.1. The van der Waals surface area contributed by atoms with Gasteiger partial charge in [0, 0.05) is 29.0 Å². The summed E-state index contributed by atoms with van der Waals surface area (Å²) < 4.78 is 46.0. The molecule has 0 spiro atoms. The first-order chi connectivity index (χ1) is 13.3. The maximum absolute atomic E-state index is 13.6. The van der Waals surface area contributed by atoms with E-state index >= 15 is 0 Å². The number of ether oxygens (including phenoxy) is 1. The number of carbonyl (C=O) groups is 1. The van der Waals surface area contributed by atoms with E-state index in [0.717, 1.165) is 28.3 Å². The summed E-state index contributed by atoms with van der Waals surface area (Å²) in [6.45, 7) is 3.79. The van der Waals surface area contributed by atoms with Crippen LogP contribution < -0.4 is 0 Å². The van der Waals surface area contributed by atoms with Crippen molar-refractivity contribution < 1.29 is 22.7 Å². The Balaban J connectivity index is 1.83. The van der Waals surface area contributed by atoms with E-state index in [9.17, 15) is 18.0 Å². The second-order valence-electron chi connectivity index (χ2n) is 6.39. The maximum Gasteiger partial charge on any atom is 0.417 e. The van der Waals surface area contributed by atoms with E-state index in [1.165, 1.54) is 18.2 Å². The van der Waals surface area contributed by atoms with E-state index in [4.69, 9.17) is 4.74 Å². The normalized spacial score (nSPS) is 15.2. The number of carbonyl (C=O) groups excluding carboxylic acids is 1. The topological polar surface area (TPSA) is 29.5 Å². The highest BCUT2D eigenvalue weighted by Crippen LogP contribution is 2.40. The van der Waals surface area contributed by atoms with Crippen LogP contribution in [0, 0.1) is 6.92 Å². The molecule has 1 amide bonds. The molecule has 3 rings (SSSR count). The lowest BCUT2D eigenvalue weighted by Gasteiger charge is -2.25. The molecule has 1 fully saturated rings. The predicted molar refractivity (Wildman–Crippen MR) is 103 cm³/mol. The fourth-order valence-electron chi connectivity index (χ4n) is 2.81. The molecular formula is C21H20F3NO2S. The van der Waals surface area contributed by atoms with Crippen molar-refractivity contribution in [3.05, 3.63) is 65.2 Å². The van der Waals surface area contributed by atoms with E-state index in [2.05, 4.69) is 0 Å². The third-order valence-electron chi connectivity index (χ3n) is 4.36. The molecule has 0 N–H and O–H groups in total. The largest absolute Gasteiger partial charge is 0.417 e. The van der Waals surface area contributed by atoms with Crippen LogP contribution in [0.4, 0.5) is 13.2 Å². The smallest absolute Gasteiger partial charge is 0.378 e. The maximum atomic E-state index is 13.6. The number of aryl methyl sites for hydroxylation is 1. The third-order valence-corrected chi connectivity index (χ3v) is 5.62. The fourth-order valence-corrected chi connectivity index (χ4v) is 3.84. The molecule has 7 heteroatoms. The molecule has 0 aromatic heterocycles. The van der Waals surface area contributed by atoms with Gasteiger partial charge in [-0.05, 0) is 42.3 Å². The summed E-state index contributed by atoms with van der Waals surface area (Å²) in [5.74, 6) is -0.227. The molecule has 2 aromatic carbocycles. The summed E-state index contributed by atoms with van der Waals surface area (Å²) in [4.78, 5) is 14.7. The highest BCUT2D eigenvalue weighted by molar-refractivity contribution is 7.99. The SMILES string of the molecule is Cc1ccccc1Sc1ccc(/C=C/C(=O)N2CCOCC2)cc1C(F)(F)F. The van der Waals surface area contributed by atoms with Crippen LogP contribution in [0.2, 0.25) is 0 Å². The molecule has 0 bridgehead atoms. The Kier molecular flexibility index (Phi) is 6.46. The van der Waals surface area contributed by atoms with Crippen molar-refractivity contribution >= 4 is 23.7 Å². The zero-order valence-corrected chi connectivity index (χ0v) is 16.1. The number of hydrogen-bond donors (Lipinski definition) is 0. The quantitative estimate of drug-likeness (QED) is 0.666. The van der Waals surface area contributed by atoms with Gasteiger partial charge in [-0.2, -0.15) is 13.2 Å². The number of hydrogen-bond acceptors (Lipinski definition) is 3. The molecule has 2 aromatic rings. The van der Waals surface area contributed by atoms with Crippen molar-refractivity contribution in [3.63, 3.8) is 0 Å². The highest BCUT2D eigenvalue weighted by Gasteiger charge is 2.34. The van der Waals surface area contributed by atoms with Crippen LogP contribution in [0.3, 0.4) is 0 Å². The van der Waals surface area contributed by atoms with E-state index < -0.39 is 11.7 Å². The van der Waals surface area contributed by atoms with Crippen LogP contribution >= 0.6 is 11.8 Å². The fraction of sp³-hybridized carbons (Fsp3) is 0.286. The monoisotopic (exact) mass is 407 g/mol. The molecule has 148 valence electrons. The van der Waals surface area contributed by atoms with Crippen molar-refractivity contribution in [1.29, 1.82) is 0 Å². The molecule has 28 heavy (non-hydrogen) atoms. The summed E-state index contributed by atoms with van der Waals surface area (Å²) in [5.41, 5.74) is 0.547. The Morgan fingerprint density at radius 1 is 1.11 bits per heavy atom. The van der Waals surface area contributed by atoms with E-state index in [1.807, 2.05) is 19.1 Å². The molecule has 1 aliphatic heterocycles. The molecule has 1 heterocycles. The minimum absolute atomic E-state index is 0.137. The van der Waals surface area contributed by atoms with Gasteiger partial charge in [0.1, 0.15) is 0 Å². The number of amides is 1. The van der Waals surface area contributed by atoms with Gasteiger partial charge in [0.05, 0.1) is 18.8 Å². The Morgan fingerprint density at radius 3 is 2.50 bits per heavy atom. The van der Waals surface area contributed by atoms with Gasteiger partial charge in [-0.25, -0.2) is 0 Å². The van der Waals surface area contributed by atoms with Crippen molar-refractivity contribution in [2.75, 3.05) is 26.3 Å². The first kappa shape index (κ1) is 20.5. The molecule has 0 unspecified atom stereocenters. The first-order valence-electron chi connectivity index (χ1n) is 8.84. The van der Waals surface area contributed by atoms with Crippen molar-refractivity contribution in [1.82, 2.24) is 4.90 Å². The van der Waals surface area contributed by atoms with Crippen molar-refractivity contribution in [2.24, 2.45) is 0 Å². The Hall–Kier alpha value is -2.25. The van der Waals surface area contributed by atoms with Crippen molar-refractivity contribution in [3.8, 4) is 0 Å². The van der Waals surface area contributed by atoms with Gasteiger partial charge in [-0.1, -0.05) is 36.0 Å². The molecule has 3 nitrogen and oxygen atoms in total. The summed E-state index contributed by atoms with van der Waals surface area (Å²) in [6.07, 6.45) is -1.74. The van der Waals surface area contributed by atoms with Gasteiger partial charge >= 0.3 is 6.18 Å². The molecular weight excluding hydrogens is 387 g/mol. The van der Waals surface area contributed by atoms with Gasteiger partial charge in [0.25, 0.3) is 0 Å². The van der Waals surface area contributed by atoms with Crippen molar-refractivity contribution in [2.45, 2.75) is 22.9 Å². The van der Waals surface area contributed by atoms with Gasteiger partial charge in [0.2, 0.25) is 5.91 Å². The van der Waals surface area contributed by atoms with Gasteiger partial charge < -0.3 is 9.64 Å². The molecule has 0 saturated carbocycles. The molecule has 1 saturated heterocycles. The minimum atomic E-state index is -4.48. The first-order valence-corrected chi connectivity index (χ1v) is 9.66. The van der Waals surface area contributed by atoms with Crippen LogP contribution in [0.25, 0.3) is 6.08 Å². The Bertz CT molecular complexity index is 874. The summed E-state index contributed by atoms with van der Waals surface area (Å²) in [6, 6.07) is 11.5. The number of morpholine rings is 1. The van der Waals surface area contributed by atoms with Crippen LogP contribution in [0.5, 0.6) is 0 Å². The van der Waals surface area contributed by atoms with Crippen LogP contribution in [0.1, 0.15) is 16.7 Å². The second kappa shape index (κ2) is 8.84. The number of benzene rings is 2. The lowest BCUT2D eigenvalue weighted by molar-refractivity contribution is -0.139. The number of halogens is 3. The number of alkyl halides is 3. The highest BCUT2D eigenvalue weighted by atomic mass is 32.2. The summed E-state index contributed by atoms with van der Waals surface area (Å²) >= 11 is 1.09. The van der Waals surface area contributed by atoms with E-state index in [1.54, 1.807) is 23.1 Å². The molecule has 0 radical (unpaired) electrons. The Morgan fingerprint density at radius 2 is 1.82 bits per heavy atom. The number of rotatable bonds is 4. The number of nitrogens with zero attached hydrogens (tertiary/aromatic N) is 1. The minimum Gasteiger partial charge on any atom is -0.378 e. The van der Waals surface area contributed by atoms with Gasteiger partial charge in [0.15, 0.2) is 0 Å². The average Bonchev–Trinajstić information content (AvgIpc) is 2.68. The zero-order valence-electron chi connectivity index (χ0n) is 15.3. The molecule has 1 aliphatic rings. The molecule has 0 aliphatic carbocycles. The summed E-state index contributed by atoms with van der Waals surface area (Å²) in [5, 5.41) is 0. The van der Waals surface area contributed by atoms with Gasteiger partial charge in [-0.15, -0.1) is 0 Å². The lowest BCUT2D eigenvalue weighted by Crippen LogP contribution is -2.39. The second-order valence-corrected chi connectivity index (χ2v) is 7.48. The van der Waals surface area contributed by atoms with Crippen LogP contribution in [0.15, 0.2) is 58.3 Å². The standard InChI is InChI=1S/C21H20F3NO2S/c1-15-4-2-3-5-18(15)28-19-8-6-16(14-17(19)21(22,23)24)7-9-20(26)25-10-12-27-13-11-25/h2-9,14H,10-13H2,1H3/b9-7+. The van der Waals surface area contributed by atoms with Crippen LogP contribution in [-0.2, 0) is 15.7 Å². The van der Waals surface area contributed by atoms with E-state index in [-0.39, 0.29) is 10.8 Å². The van der Waals surface area contributed by atoms with Gasteiger partial charge in [-0.3, -0.25) is 4.79 Å². The third kappa shape index (κ3) is 5.17. The Labute approximate surface area is 166 Å².